The number of ether oxygens (including phenoxy) is 2. The second kappa shape index (κ2) is 14.1. The molecule has 31 heavy (non-hydrogen) atoms. The maximum absolute atomic E-state index is 12.6. The number of amides is 2. The number of alkyl carbamates (subject to hydrolysis) is 1. The van der Waals surface area contributed by atoms with Crippen molar-refractivity contribution in [1.82, 2.24) is 16.2 Å². The smallest absolute Gasteiger partial charge is 0.408 e. The molecule has 1 rings (SSSR count). The zero-order valence-corrected chi connectivity index (χ0v) is 18.7. The normalized spacial score (nSPS) is 18.1. The van der Waals surface area contributed by atoms with E-state index in [1.165, 1.54) is 0 Å². The Morgan fingerprint density at radius 2 is 1.97 bits per heavy atom. The van der Waals surface area contributed by atoms with E-state index in [-0.39, 0.29) is 19.1 Å². The minimum atomic E-state index is -0.986. The number of hydrazine groups is 1. The van der Waals surface area contributed by atoms with Gasteiger partial charge in [0.15, 0.2) is 0 Å². The molecule has 9 nitrogen and oxygen atoms in total. The SMILES string of the molecule is C\C=C/C=C\C=C\COC[C@@H](NC(=O)OC(C)(C)C)C(=O)NNC1=NCCC(C=O)C1. The monoisotopic (exact) mass is 434 g/mol. The van der Waals surface area contributed by atoms with Crippen LogP contribution in [0.2, 0.25) is 0 Å². The number of aldehydes is 1. The average Bonchev–Trinajstić information content (AvgIpc) is 2.71. The summed E-state index contributed by atoms with van der Waals surface area (Å²) in [5.74, 6) is -0.118. The zero-order valence-electron chi connectivity index (χ0n) is 18.7. The highest BCUT2D eigenvalue weighted by Gasteiger charge is 2.25. The first-order valence-corrected chi connectivity index (χ1v) is 10.3. The van der Waals surface area contributed by atoms with E-state index in [0.29, 0.717) is 25.2 Å². The van der Waals surface area contributed by atoms with Crippen LogP contribution in [0.25, 0.3) is 0 Å². The minimum Gasteiger partial charge on any atom is -0.444 e. The van der Waals surface area contributed by atoms with Gasteiger partial charge in [0.2, 0.25) is 0 Å². The summed E-state index contributed by atoms with van der Waals surface area (Å²) >= 11 is 0. The number of aliphatic imine (C=N–C) groups is 1. The lowest BCUT2D eigenvalue weighted by atomic mass is 10.0. The van der Waals surface area contributed by atoms with Gasteiger partial charge >= 0.3 is 6.09 Å². The van der Waals surface area contributed by atoms with Crippen molar-refractivity contribution in [1.29, 1.82) is 0 Å². The molecular formula is C22H34N4O5. The molecule has 2 amide bonds. The molecule has 2 atom stereocenters. The van der Waals surface area contributed by atoms with Gasteiger partial charge in [-0.1, -0.05) is 36.5 Å². The zero-order chi connectivity index (χ0) is 23.1. The second-order valence-corrected chi connectivity index (χ2v) is 7.91. The summed E-state index contributed by atoms with van der Waals surface area (Å²) < 4.78 is 10.7. The molecule has 1 heterocycles. The van der Waals surface area contributed by atoms with Gasteiger partial charge < -0.3 is 19.6 Å². The van der Waals surface area contributed by atoms with Gasteiger partial charge in [-0.3, -0.25) is 20.6 Å². The predicted molar refractivity (Wildman–Crippen MR) is 119 cm³/mol. The van der Waals surface area contributed by atoms with E-state index in [1.54, 1.807) is 26.8 Å². The molecule has 0 saturated heterocycles. The molecule has 0 aliphatic carbocycles. The maximum Gasteiger partial charge on any atom is 0.408 e. The summed E-state index contributed by atoms with van der Waals surface area (Å²) in [5.41, 5.74) is 4.55. The Labute approximate surface area is 184 Å². The molecule has 172 valence electrons. The second-order valence-electron chi connectivity index (χ2n) is 7.91. The van der Waals surface area contributed by atoms with E-state index in [2.05, 4.69) is 21.2 Å². The Hall–Kier alpha value is -2.94. The third-order valence-corrected chi connectivity index (χ3v) is 3.95. The summed E-state index contributed by atoms with van der Waals surface area (Å²) in [4.78, 5) is 39.9. The van der Waals surface area contributed by atoms with Crippen LogP contribution >= 0.6 is 0 Å². The number of amidine groups is 1. The first-order chi connectivity index (χ1) is 14.7. The highest BCUT2D eigenvalue weighted by atomic mass is 16.6. The average molecular weight is 435 g/mol. The first kappa shape index (κ1) is 26.1. The molecule has 1 aliphatic heterocycles. The number of carbonyl (C=O) groups excluding carboxylic acids is 3. The number of hydrogen-bond acceptors (Lipinski definition) is 7. The molecule has 0 aromatic carbocycles. The minimum absolute atomic E-state index is 0.0564. The standard InChI is InChI=1S/C22H34N4O5/c1-5-6-7-8-9-10-13-30-16-18(24-21(29)31-22(2,3)4)20(28)26-25-19-14-17(15-27)11-12-23-19/h5-10,15,17-18H,11-14,16H2,1-4H3,(H,23,25)(H,24,29)(H,26,28)/b6-5-,8-7-,10-9+/t17?,18-/m1/s1. The van der Waals surface area contributed by atoms with Gasteiger partial charge in [0.05, 0.1) is 13.2 Å². The van der Waals surface area contributed by atoms with Crippen LogP contribution in [0.4, 0.5) is 4.79 Å². The predicted octanol–water partition coefficient (Wildman–Crippen LogP) is 2.21. The molecule has 0 saturated carbocycles. The lowest BCUT2D eigenvalue weighted by molar-refractivity contribution is -0.125. The number of carbonyl (C=O) groups is 3. The van der Waals surface area contributed by atoms with E-state index in [1.807, 2.05) is 37.3 Å². The molecule has 0 fully saturated rings. The number of rotatable bonds is 9. The fourth-order valence-electron chi connectivity index (χ4n) is 2.47. The Morgan fingerprint density at radius 1 is 1.23 bits per heavy atom. The van der Waals surface area contributed by atoms with Gasteiger partial charge in [-0.2, -0.15) is 0 Å². The van der Waals surface area contributed by atoms with Crippen LogP contribution in [0.3, 0.4) is 0 Å². The molecule has 3 N–H and O–H groups in total. The van der Waals surface area contributed by atoms with Crippen LogP contribution in [-0.2, 0) is 19.1 Å². The van der Waals surface area contributed by atoms with Crippen LogP contribution in [0, 0.1) is 5.92 Å². The van der Waals surface area contributed by atoms with Crippen LogP contribution in [0.5, 0.6) is 0 Å². The summed E-state index contributed by atoms with van der Waals surface area (Å²) in [7, 11) is 0. The summed E-state index contributed by atoms with van der Waals surface area (Å²) in [6, 6.07) is -0.986. The molecule has 9 heteroatoms. The molecule has 0 aromatic heterocycles. The van der Waals surface area contributed by atoms with Gasteiger partial charge in [-0.15, -0.1) is 0 Å². The van der Waals surface area contributed by atoms with Crippen molar-refractivity contribution in [2.75, 3.05) is 19.8 Å². The fourth-order valence-corrected chi connectivity index (χ4v) is 2.47. The molecule has 0 radical (unpaired) electrons. The largest absolute Gasteiger partial charge is 0.444 e. The fraction of sp³-hybridized carbons (Fsp3) is 0.545. The Morgan fingerprint density at radius 3 is 2.65 bits per heavy atom. The van der Waals surface area contributed by atoms with Crippen molar-refractivity contribution < 1.29 is 23.9 Å². The third-order valence-electron chi connectivity index (χ3n) is 3.95. The van der Waals surface area contributed by atoms with Crippen LogP contribution in [0.15, 0.2) is 41.4 Å². The number of nitrogens with one attached hydrogen (secondary N) is 3. The third kappa shape index (κ3) is 12.4. The van der Waals surface area contributed by atoms with Crippen molar-refractivity contribution in [3.8, 4) is 0 Å². The molecule has 0 aromatic rings. The quantitative estimate of drug-likeness (QED) is 0.222. The van der Waals surface area contributed by atoms with Crippen molar-refractivity contribution in [3.63, 3.8) is 0 Å². The van der Waals surface area contributed by atoms with Crippen molar-refractivity contribution in [3.05, 3.63) is 36.5 Å². The maximum atomic E-state index is 12.6. The van der Waals surface area contributed by atoms with Crippen LogP contribution < -0.4 is 16.2 Å². The number of hydrogen-bond donors (Lipinski definition) is 3. The van der Waals surface area contributed by atoms with Gasteiger partial charge in [0.1, 0.15) is 23.8 Å². The molecule has 0 bridgehead atoms. The molecular weight excluding hydrogens is 400 g/mol. The van der Waals surface area contributed by atoms with E-state index in [9.17, 15) is 14.4 Å². The highest BCUT2D eigenvalue weighted by molar-refractivity contribution is 5.90. The number of allylic oxidation sites excluding steroid dienone is 5. The highest BCUT2D eigenvalue weighted by Crippen LogP contribution is 2.11. The molecule has 0 spiro atoms. The Kier molecular flexibility index (Phi) is 11.9. The summed E-state index contributed by atoms with van der Waals surface area (Å²) in [5, 5.41) is 2.52. The van der Waals surface area contributed by atoms with Crippen molar-refractivity contribution in [2.24, 2.45) is 10.9 Å². The van der Waals surface area contributed by atoms with Gasteiger partial charge in [0, 0.05) is 18.9 Å². The number of nitrogens with zero attached hydrogens (tertiary/aromatic N) is 1. The van der Waals surface area contributed by atoms with Crippen molar-refractivity contribution >= 4 is 24.1 Å². The Balaban J connectivity index is 2.61. The van der Waals surface area contributed by atoms with Gasteiger partial charge in [0.25, 0.3) is 5.91 Å². The molecule has 1 unspecified atom stereocenters. The van der Waals surface area contributed by atoms with Gasteiger partial charge in [-0.25, -0.2) is 4.79 Å². The van der Waals surface area contributed by atoms with E-state index in [4.69, 9.17) is 9.47 Å². The molecule has 1 aliphatic rings. The van der Waals surface area contributed by atoms with Gasteiger partial charge in [-0.05, 0) is 34.1 Å². The summed E-state index contributed by atoms with van der Waals surface area (Å²) in [6.45, 7) is 7.85. The summed E-state index contributed by atoms with van der Waals surface area (Å²) in [6.07, 6.45) is 12.4. The van der Waals surface area contributed by atoms with E-state index < -0.39 is 23.6 Å². The van der Waals surface area contributed by atoms with E-state index >= 15 is 0 Å². The first-order valence-electron chi connectivity index (χ1n) is 10.3. The lowest BCUT2D eigenvalue weighted by Gasteiger charge is -2.24. The van der Waals surface area contributed by atoms with E-state index in [0.717, 1.165) is 6.29 Å². The topological polar surface area (TPSA) is 118 Å². The lowest BCUT2D eigenvalue weighted by Crippen LogP contribution is -2.55. The van der Waals surface area contributed by atoms with Crippen LogP contribution in [0.1, 0.15) is 40.5 Å². The van der Waals surface area contributed by atoms with Crippen LogP contribution in [-0.4, -0.2) is 55.5 Å². The van der Waals surface area contributed by atoms with Crippen molar-refractivity contribution in [2.45, 2.75) is 52.2 Å². The Bertz CT molecular complexity index is 707.